The molecular weight excluding hydrogens is 212 g/mol. The Morgan fingerprint density at radius 3 is 2.29 bits per heavy atom. The Morgan fingerprint density at radius 2 is 1.71 bits per heavy atom. The standard InChI is InChI=1S/C14H16N2O/c1-12(17)15-10-13-4-6-14(7-5-13)11-16-8-2-3-9-16/h2-9H,10-11H2,1H3,(H,15,17). The van der Waals surface area contributed by atoms with Crippen LogP contribution < -0.4 is 5.32 Å². The average Bonchev–Trinajstić information content (AvgIpc) is 2.81. The molecule has 0 bridgehead atoms. The maximum absolute atomic E-state index is 10.8. The number of nitrogens with zero attached hydrogens (tertiary/aromatic N) is 1. The molecule has 0 spiro atoms. The monoisotopic (exact) mass is 228 g/mol. The van der Waals surface area contributed by atoms with Crippen LogP contribution in [-0.4, -0.2) is 10.5 Å². The molecule has 0 aliphatic rings. The first-order chi connectivity index (χ1) is 8.24. The predicted octanol–water partition coefficient (Wildman–Crippen LogP) is 2.17. The second-order valence-corrected chi connectivity index (χ2v) is 4.08. The zero-order valence-corrected chi connectivity index (χ0v) is 9.89. The van der Waals surface area contributed by atoms with Gasteiger partial charge in [-0.05, 0) is 23.3 Å². The molecule has 2 aromatic rings. The number of benzene rings is 1. The number of carbonyl (C=O) groups excluding carboxylic acids is 1. The van der Waals surface area contributed by atoms with Crippen LogP contribution in [0.1, 0.15) is 18.1 Å². The number of hydrogen-bond donors (Lipinski definition) is 1. The lowest BCUT2D eigenvalue weighted by atomic mass is 10.1. The van der Waals surface area contributed by atoms with Gasteiger partial charge in [0.05, 0.1) is 0 Å². The van der Waals surface area contributed by atoms with Gasteiger partial charge in [-0.3, -0.25) is 4.79 Å². The molecule has 0 radical (unpaired) electrons. The van der Waals surface area contributed by atoms with E-state index in [4.69, 9.17) is 0 Å². The van der Waals surface area contributed by atoms with Gasteiger partial charge in [-0.25, -0.2) is 0 Å². The van der Waals surface area contributed by atoms with Crippen molar-refractivity contribution in [2.45, 2.75) is 20.0 Å². The Kier molecular flexibility index (Phi) is 3.60. The van der Waals surface area contributed by atoms with E-state index in [1.807, 2.05) is 24.5 Å². The van der Waals surface area contributed by atoms with Crippen molar-refractivity contribution in [1.29, 1.82) is 0 Å². The van der Waals surface area contributed by atoms with E-state index in [1.165, 1.54) is 12.5 Å². The van der Waals surface area contributed by atoms with Crippen molar-refractivity contribution in [1.82, 2.24) is 9.88 Å². The molecule has 1 N–H and O–H groups in total. The van der Waals surface area contributed by atoms with Gasteiger partial charge in [-0.1, -0.05) is 24.3 Å². The van der Waals surface area contributed by atoms with E-state index in [9.17, 15) is 4.79 Å². The van der Waals surface area contributed by atoms with Crippen LogP contribution in [-0.2, 0) is 17.9 Å². The minimum atomic E-state index is 0.00131. The van der Waals surface area contributed by atoms with Gasteiger partial charge in [0.1, 0.15) is 0 Å². The lowest BCUT2D eigenvalue weighted by Gasteiger charge is -2.06. The Labute approximate surface area is 101 Å². The van der Waals surface area contributed by atoms with Crippen molar-refractivity contribution < 1.29 is 4.79 Å². The molecule has 0 aliphatic heterocycles. The first-order valence-electron chi connectivity index (χ1n) is 5.67. The van der Waals surface area contributed by atoms with E-state index in [1.54, 1.807) is 0 Å². The third-order valence-corrected chi connectivity index (χ3v) is 2.60. The quantitative estimate of drug-likeness (QED) is 0.855. The van der Waals surface area contributed by atoms with Gasteiger partial charge in [-0.2, -0.15) is 0 Å². The normalized spacial score (nSPS) is 10.2. The predicted molar refractivity (Wildman–Crippen MR) is 67.5 cm³/mol. The molecule has 17 heavy (non-hydrogen) atoms. The summed E-state index contributed by atoms with van der Waals surface area (Å²) in [5, 5.41) is 2.78. The highest BCUT2D eigenvalue weighted by Gasteiger charge is 1.97. The van der Waals surface area contributed by atoms with Crippen molar-refractivity contribution in [3.63, 3.8) is 0 Å². The van der Waals surface area contributed by atoms with E-state index in [0.29, 0.717) is 6.54 Å². The molecule has 1 aromatic carbocycles. The molecule has 0 unspecified atom stereocenters. The van der Waals surface area contributed by atoms with Gasteiger partial charge in [0.15, 0.2) is 0 Å². The molecule has 3 heteroatoms. The maximum atomic E-state index is 10.8. The molecule has 0 saturated heterocycles. The number of amides is 1. The highest BCUT2D eigenvalue weighted by Crippen LogP contribution is 2.06. The van der Waals surface area contributed by atoms with Crippen LogP contribution in [0.5, 0.6) is 0 Å². The zero-order chi connectivity index (χ0) is 12.1. The van der Waals surface area contributed by atoms with Gasteiger partial charge in [-0.15, -0.1) is 0 Å². The van der Waals surface area contributed by atoms with Gasteiger partial charge in [0.2, 0.25) is 5.91 Å². The number of rotatable bonds is 4. The maximum Gasteiger partial charge on any atom is 0.217 e. The SMILES string of the molecule is CC(=O)NCc1ccc(Cn2cccc2)cc1. The van der Waals surface area contributed by atoms with Crippen LogP contribution in [0.2, 0.25) is 0 Å². The van der Waals surface area contributed by atoms with E-state index < -0.39 is 0 Å². The lowest BCUT2D eigenvalue weighted by molar-refractivity contribution is -0.119. The highest BCUT2D eigenvalue weighted by molar-refractivity contribution is 5.72. The molecule has 2 rings (SSSR count). The lowest BCUT2D eigenvalue weighted by Crippen LogP contribution is -2.18. The zero-order valence-electron chi connectivity index (χ0n) is 9.89. The number of aromatic nitrogens is 1. The minimum absolute atomic E-state index is 0.00131. The summed E-state index contributed by atoms with van der Waals surface area (Å²) in [6.45, 7) is 3.01. The average molecular weight is 228 g/mol. The smallest absolute Gasteiger partial charge is 0.217 e. The fourth-order valence-corrected chi connectivity index (χ4v) is 1.68. The first-order valence-corrected chi connectivity index (χ1v) is 5.67. The summed E-state index contributed by atoms with van der Waals surface area (Å²) in [4.78, 5) is 10.8. The van der Waals surface area contributed by atoms with Crippen molar-refractivity contribution in [2.75, 3.05) is 0 Å². The van der Waals surface area contributed by atoms with Crippen LogP contribution >= 0.6 is 0 Å². The topological polar surface area (TPSA) is 34.0 Å². The Morgan fingerprint density at radius 1 is 1.12 bits per heavy atom. The summed E-state index contributed by atoms with van der Waals surface area (Å²) in [6.07, 6.45) is 4.09. The van der Waals surface area contributed by atoms with Gasteiger partial charge < -0.3 is 9.88 Å². The van der Waals surface area contributed by atoms with Gasteiger partial charge in [0.25, 0.3) is 0 Å². The third kappa shape index (κ3) is 3.48. The van der Waals surface area contributed by atoms with Crippen LogP contribution in [0, 0.1) is 0 Å². The van der Waals surface area contributed by atoms with Crippen LogP contribution in [0.3, 0.4) is 0 Å². The van der Waals surface area contributed by atoms with Crippen LogP contribution in [0.25, 0.3) is 0 Å². The number of hydrogen-bond acceptors (Lipinski definition) is 1. The molecule has 3 nitrogen and oxygen atoms in total. The van der Waals surface area contributed by atoms with Crippen molar-refractivity contribution in [3.05, 3.63) is 59.9 Å². The van der Waals surface area contributed by atoms with Crippen molar-refractivity contribution in [2.24, 2.45) is 0 Å². The van der Waals surface area contributed by atoms with Crippen LogP contribution in [0.15, 0.2) is 48.8 Å². The van der Waals surface area contributed by atoms with Gasteiger partial charge >= 0.3 is 0 Å². The Hall–Kier alpha value is -2.03. The summed E-state index contributed by atoms with van der Waals surface area (Å²) in [5.41, 5.74) is 2.38. The third-order valence-electron chi connectivity index (χ3n) is 2.60. The first kappa shape index (κ1) is 11.5. The molecule has 0 atom stereocenters. The molecule has 88 valence electrons. The number of nitrogens with one attached hydrogen (secondary N) is 1. The minimum Gasteiger partial charge on any atom is -0.352 e. The molecule has 1 aromatic heterocycles. The summed E-state index contributed by atoms with van der Waals surface area (Å²) in [7, 11) is 0. The van der Waals surface area contributed by atoms with Crippen LogP contribution in [0.4, 0.5) is 0 Å². The molecule has 0 fully saturated rings. The summed E-state index contributed by atoms with van der Waals surface area (Å²) in [6, 6.07) is 12.3. The highest BCUT2D eigenvalue weighted by atomic mass is 16.1. The molecule has 0 aliphatic carbocycles. The Bertz CT molecular complexity index is 471. The summed E-state index contributed by atoms with van der Waals surface area (Å²) >= 11 is 0. The molecule has 1 amide bonds. The fraction of sp³-hybridized carbons (Fsp3) is 0.214. The summed E-state index contributed by atoms with van der Waals surface area (Å²) in [5.74, 6) is 0.00131. The molecular formula is C14H16N2O. The van der Waals surface area contributed by atoms with E-state index >= 15 is 0 Å². The summed E-state index contributed by atoms with van der Waals surface area (Å²) < 4.78 is 2.13. The van der Waals surface area contributed by atoms with Crippen molar-refractivity contribution in [3.8, 4) is 0 Å². The number of carbonyl (C=O) groups is 1. The molecule has 0 saturated carbocycles. The second-order valence-electron chi connectivity index (χ2n) is 4.08. The van der Waals surface area contributed by atoms with E-state index in [-0.39, 0.29) is 5.91 Å². The Balaban J connectivity index is 1.95. The van der Waals surface area contributed by atoms with E-state index in [0.717, 1.165) is 12.1 Å². The second kappa shape index (κ2) is 5.34. The van der Waals surface area contributed by atoms with Crippen molar-refractivity contribution >= 4 is 5.91 Å². The fourth-order valence-electron chi connectivity index (χ4n) is 1.68. The van der Waals surface area contributed by atoms with Gasteiger partial charge in [0, 0.05) is 32.4 Å². The molecule has 1 heterocycles. The van der Waals surface area contributed by atoms with E-state index in [2.05, 4.69) is 34.1 Å². The largest absolute Gasteiger partial charge is 0.352 e.